The molecule has 92 valence electrons. The molecule has 0 aromatic carbocycles. The van der Waals surface area contributed by atoms with E-state index in [9.17, 15) is 0 Å². The molecule has 0 radical (unpaired) electrons. The minimum absolute atomic E-state index is 0.251. The number of aromatic nitrogens is 1. The van der Waals surface area contributed by atoms with Gasteiger partial charge in [-0.2, -0.15) is 0 Å². The fraction of sp³-hybridized carbons (Fsp3) is 0.750. The maximum absolute atomic E-state index is 5.23. The van der Waals surface area contributed by atoms with Crippen LogP contribution in [0.3, 0.4) is 0 Å². The van der Waals surface area contributed by atoms with Gasteiger partial charge in [0.25, 0.3) is 0 Å². The van der Waals surface area contributed by atoms with Crippen LogP contribution in [0.5, 0.6) is 0 Å². The van der Waals surface area contributed by atoms with E-state index in [2.05, 4.69) is 36.5 Å². The molecule has 0 amide bonds. The predicted octanol–water partition coefficient (Wildman–Crippen LogP) is 2.61. The third-order valence-corrected chi connectivity index (χ3v) is 3.63. The van der Waals surface area contributed by atoms with Crippen molar-refractivity contribution in [3.8, 4) is 0 Å². The van der Waals surface area contributed by atoms with Crippen molar-refractivity contribution in [1.29, 1.82) is 0 Å². The first-order chi connectivity index (χ1) is 7.65. The minimum atomic E-state index is 0.251. The summed E-state index contributed by atoms with van der Waals surface area (Å²) in [4.78, 5) is 4.58. The van der Waals surface area contributed by atoms with E-state index in [0.717, 1.165) is 30.1 Å². The van der Waals surface area contributed by atoms with Gasteiger partial charge >= 0.3 is 0 Å². The fourth-order valence-electron chi connectivity index (χ4n) is 1.28. The van der Waals surface area contributed by atoms with Crippen LogP contribution >= 0.6 is 11.3 Å². The number of methoxy groups -OCH3 is 1. The van der Waals surface area contributed by atoms with Gasteiger partial charge in [-0.3, -0.25) is 0 Å². The van der Waals surface area contributed by atoms with Gasteiger partial charge in [0.05, 0.1) is 16.8 Å². The van der Waals surface area contributed by atoms with Crippen molar-refractivity contribution in [2.45, 2.75) is 52.3 Å². The second kappa shape index (κ2) is 6.99. The number of thiazole rings is 1. The molecule has 1 aromatic heterocycles. The van der Waals surface area contributed by atoms with Gasteiger partial charge < -0.3 is 10.1 Å². The number of hydrogen-bond donors (Lipinski definition) is 1. The highest BCUT2D eigenvalue weighted by atomic mass is 32.1. The van der Waals surface area contributed by atoms with Crippen LogP contribution in [-0.4, -0.2) is 24.2 Å². The molecule has 1 aromatic rings. The minimum Gasteiger partial charge on any atom is -0.381 e. The first kappa shape index (κ1) is 13.6. The van der Waals surface area contributed by atoms with E-state index in [1.165, 1.54) is 0 Å². The molecule has 2 atom stereocenters. The van der Waals surface area contributed by atoms with Gasteiger partial charge in [-0.1, -0.05) is 6.92 Å². The normalized spacial score (nSPS) is 15.0. The Morgan fingerprint density at radius 3 is 2.88 bits per heavy atom. The van der Waals surface area contributed by atoms with Crippen LogP contribution in [0.2, 0.25) is 0 Å². The summed E-state index contributed by atoms with van der Waals surface area (Å²) in [7, 11) is 1.74. The molecule has 0 aliphatic carbocycles. The third-order valence-electron chi connectivity index (χ3n) is 2.71. The van der Waals surface area contributed by atoms with E-state index in [0.29, 0.717) is 6.04 Å². The summed E-state index contributed by atoms with van der Waals surface area (Å²) in [5.74, 6) is 0. The highest BCUT2D eigenvalue weighted by Gasteiger charge is 2.07. The largest absolute Gasteiger partial charge is 0.381 e. The summed E-state index contributed by atoms with van der Waals surface area (Å²) >= 11 is 1.72. The maximum atomic E-state index is 5.23. The van der Waals surface area contributed by atoms with Crippen LogP contribution < -0.4 is 5.32 Å². The van der Waals surface area contributed by atoms with E-state index in [1.54, 1.807) is 18.4 Å². The van der Waals surface area contributed by atoms with Crippen LogP contribution in [-0.2, 0) is 17.7 Å². The van der Waals surface area contributed by atoms with Gasteiger partial charge in [0.15, 0.2) is 0 Å². The Hall–Kier alpha value is -0.450. The summed E-state index contributed by atoms with van der Waals surface area (Å²) in [5, 5.41) is 6.74. The molecule has 2 unspecified atom stereocenters. The van der Waals surface area contributed by atoms with Crippen molar-refractivity contribution >= 4 is 11.3 Å². The van der Waals surface area contributed by atoms with Crippen molar-refractivity contribution in [1.82, 2.24) is 10.3 Å². The van der Waals surface area contributed by atoms with Crippen molar-refractivity contribution in [3.63, 3.8) is 0 Å². The summed E-state index contributed by atoms with van der Waals surface area (Å²) in [6.45, 7) is 7.32. The van der Waals surface area contributed by atoms with Crippen LogP contribution in [0, 0.1) is 0 Å². The number of nitrogens with one attached hydrogen (secondary N) is 1. The summed E-state index contributed by atoms with van der Waals surface area (Å²) in [6, 6.07) is 0.558. The van der Waals surface area contributed by atoms with Crippen LogP contribution in [0.15, 0.2) is 5.38 Å². The second-order valence-electron chi connectivity index (χ2n) is 4.17. The molecule has 0 aliphatic rings. The zero-order valence-electron chi connectivity index (χ0n) is 10.6. The smallest absolute Gasteiger partial charge is 0.0954 e. The highest BCUT2D eigenvalue weighted by Crippen LogP contribution is 2.13. The fourth-order valence-corrected chi connectivity index (χ4v) is 2.19. The van der Waals surface area contributed by atoms with Gasteiger partial charge in [-0.15, -0.1) is 11.3 Å². The van der Waals surface area contributed by atoms with Gasteiger partial charge in [0.1, 0.15) is 0 Å². The molecule has 1 N–H and O–H groups in total. The molecule has 1 heterocycles. The molecule has 0 saturated heterocycles. The molecule has 1 rings (SSSR count). The van der Waals surface area contributed by atoms with Crippen molar-refractivity contribution in [3.05, 3.63) is 16.1 Å². The van der Waals surface area contributed by atoms with Crippen molar-refractivity contribution in [2.75, 3.05) is 7.11 Å². The number of ether oxygens (including phenoxy) is 1. The monoisotopic (exact) mass is 242 g/mol. The standard InChI is InChI=1S/C12H22N2OS/c1-5-9(2)13-7-11-8-16-12(14-11)6-10(3)15-4/h8-10,13H,5-7H2,1-4H3. The van der Waals surface area contributed by atoms with Crippen molar-refractivity contribution in [2.24, 2.45) is 0 Å². The topological polar surface area (TPSA) is 34.1 Å². The van der Waals surface area contributed by atoms with Gasteiger partial charge in [0, 0.05) is 31.5 Å². The van der Waals surface area contributed by atoms with Gasteiger partial charge in [-0.05, 0) is 20.3 Å². The van der Waals surface area contributed by atoms with Crippen molar-refractivity contribution < 1.29 is 4.74 Å². The highest BCUT2D eigenvalue weighted by molar-refractivity contribution is 7.09. The Kier molecular flexibility index (Phi) is 5.95. The summed E-state index contributed by atoms with van der Waals surface area (Å²) in [6.07, 6.45) is 2.31. The van der Waals surface area contributed by atoms with Crippen LogP contribution in [0.25, 0.3) is 0 Å². The molecule has 0 saturated carbocycles. The lowest BCUT2D eigenvalue weighted by atomic mass is 10.2. The Bertz CT molecular complexity index is 301. The maximum Gasteiger partial charge on any atom is 0.0954 e. The van der Waals surface area contributed by atoms with E-state index in [4.69, 9.17) is 4.74 Å². The molecule has 4 heteroatoms. The van der Waals surface area contributed by atoms with Gasteiger partial charge in [0.2, 0.25) is 0 Å². The Morgan fingerprint density at radius 2 is 2.25 bits per heavy atom. The molecule has 0 aliphatic heterocycles. The molecular weight excluding hydrogens is 220 g/mol. The average molecular weight is 242 g/mol. The van der Waals surface area contributed by atoms with Crippen LogP contribution in [0.1, 0.15) is 37.9 Å². The molecule has 0 fully saturated rings. The van der Waals surface area contributed by atoms with Crippen LogP contribution in [0.4, 0.5) is 0 Å². The van der Waals surface area contributed by atoms with E-state index in [-0.39, 0.29) is 6.10 Å². The summed E-state index contributed by atoms with van der Waals surface area (Å²) in [5.41, 5.74) is 1.14. The molecule has 0 bridgehead atoms. The number of rotatable bonds is 7. The zero-order chi connectivity index (χ0) is 12.0. The predicted molar refractivity (Wildman–Crippen MR) is 68.9 cm³/mol. The average Bonchev–Trinajstić information content (AvgIpc) is 2.73. The van der Waals surface area contributed by atoms with E-state index in [1.807, 2.05) is 0 Å². The number of nitrogens with zero attached hydrogens (tertiary/aromatic N) is 1. The SMILES string of the molecule is CCC(C)NCc1csc(CC(C)OC)n1. The molecule has 0 spiro atoms. The van der Waals surface area contributed by atoms with E-state index >= 15 is 0 Å². The second-order valence-corrected chi connectivity index (χ2v) is 5.12. The lowest BCUT2D eigenvalue weighted by Crippen LogP contribution is -2.24. The quantitative estimate of drug-likeness (QED) is 0.798. The Labute approximate surface area is 102 Å². The lowest BCUT2D eigenvalue weighted by Gasteiger charge is -2.09. The molecular formula is C12H22N2OS. The first-order valence-electron chi connectivity index (χ1n) is 5.85. The lowest BCUT2D eigenvalue weighted by molar-refractivity contribution is 0.118. The number of hydrogen-bond acceptors (Lipinski definition) is 4. The first-order valence-corrected chi connectivity index (χ1v) is 6.73. The zero-order valence-corrected chi connectivity index (χ0v) is 11.4. The Balaban J connectivity index is 2.39. The third kappa shape index (κ3) is 4.60. The molecule has 16 heavy (non-hydrogen) atoms. The van der Waals surface area contributed by atoms with E-state index < -0.39 is 0 Å². The molecule has 3 nitrogen and oxygen atoms in total. The Morgan fingerprint density at radius 1 is 1.50 bits per heavy atom. The van der Waals surface area contributed by atoms with Gasteiger partial charge in [-0.25, -0.2) is 4.98 Å². The summed E-state index contributed by atoms with van der Waals surface area (Å²) < 4.78 is 5.23.